The molecule has 2 atom stereocenters. The fourth-order valence-corrected chi connectivity index (χ4v) is 2.93. The summed E-state index contributed by atoms with van der Waals surface area (Å²) in [5, 5.41) is 0. The van der Waals surface area contributed by atoms with Gasteiger partial charge in [0.1, 0.15) is 0 Å². The Kier molecular flexibility index (Phi) is 4.60. The third kappa shape index (κ3) is 3.90. The summed E-state index contributed by atoms with van der Waals surface area (Å²) in [6, 6.07) is 4.59. The van der Waals surface area contributed by atoms with Gasteiger partial charge in [0.25, 0.3) is 0 Å². The molecule has 0 bridgehead atoms. The van der Waals surface area contributed by atoms with Crippen molar-refractivity contribution in [1.82, 2.24) is 0 Å². The van der Waals surface area contributed by atoms with Crippen molar-refractivity contribution in [3.8, 4) is 0 Å². The van der Waals surface area contributed by atoms with Gasteiger partial charge >= 0.3 is 0 Å². The molecule has 18 heavy (non-hydrogen) atoms. The van der Waals surface area contributed by atoms with Crippen LogP contribution in [0.4, 0.5) is 0 Å². The number of benzene rings is 1. The van der Waals surface area contributed by atoms with Gasteiger partial charge in [0, 0.05) is 11.2 Å². The van der Waals surface area contributed by atoms with E-state index in [0.717, 1.165) is 6.26 Å². The molecule has 2 unspecified atom stereocenters. The first-order valence-electron chi connectivity index (χ1n) is 4.95. The summed E-state index contributed by atoms with van der Waals surface area (Å²) in [4.78, 5) is 11.3. The van der Waals surface area contributed by atoms with E-state index in [1.54, 1.807) is 0 Å². The molecule has 1 aromatic rings. The SMILES string of the molecule is CS(=O)(=O)c1ccc(S(=O)CC(N)C(N)=O)cc1. The van der Waals surface area contributed by atoms with Crippen molar-refractivity contribution in [2.75, 3.05) is 12.0 Å². The summed E-state index contributed by atoms with van der Waals surface area (Å²) >= 11 is 0. The molecule has 0 aromatic heterocycles. The average Bonchev–Trinajstić information content (AvgIpc) is 2.27. The fraction of sp³-hybridized carbons (Fsp3) is 0.300. The number of amides is 1. The van der Waals surface area contributed by atoms with Crippen LogP contribution in [0, 0.1) is 0 Å². The van der Waals surface area contributed by atoms with Crippen LogP contribution >= 0.6 is 0 Å². The highest BCUT2D eigenvalue weighted by molar-refractivity contribution is 7.90. The zero-order valence-electron chi connectivity index (χ0n) is 9.70. The van der Waals surface area contributed by atoms with E-state index in [9.17, 15) is 17.4 Å². The zero-order chi connectivity index (χ0) is 13.9. The van der Waals surface area contributed by atoms with E-state index in [1.807, 2.05) is 0 Å². The lowest BCUT2D eigenvalue weighted by Gasteiger charge is -2.07. The van der Waals surface area contributed by atoms with Crippen LogP contribution in [0.1, 0.15) is 0 Å². The molecule has 1 rings (SSSR count). The summed E-state index contributed by atoms with van der Waals surface area (Å²) < 4.78 is 34.2. The molecule has 0 saturated heterocycles. The smallest absolute Gasteiger partial charge is 0.235 e. The van der Waals surface area contributed by atoms with E-state index in [1.165, 1.54) is 24.3 Å². The topological polar surface area (TPSA) is 120 Å². The summed E-state index contributed by atoms with van der Waals surface area (Å²) in [7, 11) is -4.77. The standard InChI is InChI=1S/C10H14N2O4S2/c1-18(15,16)8-4-2-7(3-5-8)17(14)6-9(11)10(12)13/h2-5,9H,6,11H2,1H3,(H2,12,13). The first-order chi connectivity index (χ1) is 8.21. The Bertz CT molecular complexity index is 566. The second-order valence-corrected chi connectivity index (χ2v) is 7.28. The van der Waals surface area contributed by atoms with Gasteiger partial charge < -0.3 is 11.5 Å². The van der Waals surface area contributed by atoms with Crippen LogP contribution in [0.15, 0.2) is 34.1 Å². The van der Waals surface area contributed by atoms with E-state index in [2.05, 4.69) is 0 Å². The van der Waals surface area contributed by atoms with E-state index >= 15 is 0 Å². The molecule has 0 radical (unpaired) electrons. The molecule has 0 heterocycles. The van der Waals surface area contributed by atoms with E-state index in [-0.39, 0.29) is 10.6 Å². The highest BCUT2D eigenvalue weighted by Crippen LogP contribution is 2.13. The third-order valence-corrected chi connectivity index (χ3v) is 4.80. The van der Waals surface area contributed by atoms with Crippen LogP contribution in [0.5, 0.6) is 0 Å². The van der Waals surface area contributed by atoms with Gasteiger partial charge in [-0.3, -0.25) is 9.00 Å². The molecule has 1 aromatic carbocycles. The van der Waals surface area contributed by atoms with Crippen molar-refractivity contribution >= 4 is 26.5 Å². The summed E-state index contributed by atoms with van der Waals surface area (Å²) in [6.07, 6.45) is 1.09. The Morgan fingerprint density at radius 1 is 1.33 bits per heavy atom. The van der Waals surface area contributed by atoms with Gasteiger partial charge in [-0.25, -0.2) is 8.42 Å². The molecule has 6 nitrogen and oxygen atoms in total. The van der Waals surface area contributed by atoms with Crippen molar-refractivity contribution in [3.05, 3.63) is 24.3 Å². The first-order valence-corrected chi connectivity index (χ1v) is 8.16. The molecule has 4 N–H and O–H groups in total. The Morgan fingerprint density at radius 2 is 1.83 bits per heavy atom. The van der Waals surface area contributed by atoms with Crippen LogP contribution in [-0.4, -0.2) is 36.6 Å². The highest BCUT2D eigenvalue weighted by atomic mass is 32.2. The normalized spacial score (nSPS) is 15.0. The van der Waals surface area contributed by atoms with Crippen LogP contribution < -0.4 is 11.5 Å². The molecule has 0 aliphatic rings. The largest absolute Gasteiger partial charge is 0.368 e. The Labute approximate surface area is 108 Å². The minimum absolute atomic E-state index is 0.0897. The van der Waals surface area contributed by atoms with Gasteiger partial charge in [-0.2, -0.15) is 0 Å². The van der Waals surface area contributed by atoms with Crippen LogP contribution in [0.2, 0.25) is 0 Å². The lowest BCUT2D eigenvalue weighted by atomic mass is 10.3. The van der Waals surface area contributed by atoms with Crippen molar-refractivity contribution in [3.63, 3.8) is 0 Å². The Balaban J connectivity index is 2.86. The number of rotatable bonds is 5. The molecule has 0 fully saturated rings. The molecular weight excluding hydrogens is 276 g/mol. The first kappa shape index (κ1) is 14.8. The van der Waals surface area contributed by atoms with Crippen molar-refractivity contribution < 1.29 is 17.4 Å². The molecule has 0 aliphatic carbocycles. The second-order valence-electron chi connectivity index (χ2n) is 3.76. The molecule has 0 saturated carbocycles. The predicted octanol–water partition coefficient (Wildman–Crippen LogP) is -0.990. The van der Waals surface area contributed by atoms with E-state index in [4.69, 9.17) is 11.5 Å². The monoisotopic (exact) mass is 290 g/mol. The van der Waals surface area contributed by atoms with Crippen molar-refractivity contribution in [2.45, 2.75) is 15.8 Å². The van der Waals surface area contributed by atoms with Gasteiger partial charge in [0.15, 0.2) is 9.84 Å². The highest BCUT2D eigenvalue weighted by Gasteiger charge is 2.15. The lowest BCUT2D eigenvalue weighted by Crippen LogP contribution is -2.40. The average molecular weight is 290 g/mol. The summed E-state index contributed by atoms with van der Waals surface area (Å²) in [6.45, 7) is 0. The number of hydrogen-bond donors (Lipinski definition) is 2. The molecule has 0 aliphatic heterocycles. The Morgan fingerprint density at radius 3 is 2.22 bits per heavy atom. The maximum Gasteiger partial charge on any atom is 0.235 e. The van der Waals surface area contributed by atoms with Crippen LogP contribution in [0.3, 0.4) is 0 Å². The van der Waals surface area contributed by atoms with Crippen molar-refractivity contribution in [2.24, 2.45) is 11.5 Å². The number of carbonyl (C=O) groups is 1. The fourth-order valence-electron chi connectivity index (χ4n) is 1.18. The quantitative estimate of drug-likeness (QED) is 0.721. The van der Waals surface area contributed by atoms with Crippen LogP contribution in [-0.2, 0) is 25.4 Å². The minimum atomic E-state index is -3.28. The zero-order valence-corrected chi connectivity index (χ0v) is 11.3. The maximum absolute atomic E-state index is 11.8. The lowest BCUT2D eigenvalue weighted by molar-refractivity contribution is -0.118. The summed E-state index contributed by atoms with van der Waals surface area (Å²) in [5.74, 6) is -0.816. The van der Waals surface area contributed by atoms with Gasteiger partial charge in [-0.15, -0.1) is 0 Å². The second kappa shape index (κ2) is 5.59. The minimum Gasteiger partial charge on any atom is -0.368 e. The van der Waals surface area contributed by atoms with Crippen LogP contribution in [0.25, 0.3) is 0 Å². The Hall–Kier alpha value is -1.25. The number of sulfone groups is 1. The van der Waals surface area contributed by atoms with E-state index < -0.39 is 32.6 Å². The number of primary amides is 1. The number of carbonyl (C=O) groups excluding carboxylic acids is 1. The van der Waals surface area contributed by atoms with Gasteiger partial charge in [0.2, 0.25) is 5.91 Å². The number of nitrogens with two attached hydrogens (primary N) is 2. The molecular formula is C10H14N2O4S2. The molecule has 100 valence electrons. The molecule has 0 spiro atoms. The van der Waals surface area contributed by atoms with Gasteiger partial charge in [-0.05, 0) is 24.3 Å². The van der Waals surface area contributed by atoms with E-state index in [0.29, 0.717) is 4.90 Å². The number of hydrogen-bond acceptors (Lipinski definition) is 5. The van der Waals surface area contributed by atoms with Gasteiger partial charge in [0.05, 0.1) is 27.5 Å². The molecule has 1 amide bonds. The maximum atomic E-state index is 11.8. The molecule has 8 heteroatoms. The summed E-state index contributed by atoms with van der Waals surface area (Å²) in [5.41, 5.74) is 10.4. The third-order valence-electron chi connectivity index (χ3n) is 2.21. The van der Waals surface area contributed by atoms with Gasteiger partial charge in [-0.1, -0.05) is 0 Å². The van der Waals surface area contributed by atoms with Crippen molar-refractivity contribution in [1.29, 1.82) is 0 Å². The predicted molar refractivity (Wildman–Crippen MR) is 68.0 cm³/mol.